The van der Waals surface area contributed by atoms with Gasteiger partial charge in [-0.3, -0.25) is 0 Å². The summed E-state index contributed by atoms with van der Waals surface area (Å²) in [4.78, 5) is 0. The van der Waals surface area contributed by atoms with Gasteiger partial charge >= 0.3 is 0 Å². The highest BCUT2D eigenvalue weighted by Gasteiger charge is 2.49. The van der Waals surface area contributed by atoms with E-state index in [0.717, 1.165) is 0 Å². The van der Waals surface area contributed by atoms with Gasteiger partial charge in [0, 0.05) is 7.11 Å². The minimum atomic E-state index is -1.55. The van der Waals surface area contributed by atoms with Crippen molar-refractivity contribution in [2.75, 3.05) is 41.2 Å². The van der Waals surface area contributed by atoms with Gasteiger partial charge in [-0.2, -0.15) is 0 Å². The van der Waals surface area contributed by atoms with E-state index in [4.69, 9.17) is 37.9 Å². The van der Waals surface area contributed by atoms with E-state index >= 15 is 0 Å². The Morgan fingerprint density at radius 1 is 0.881 bits per heavy atom. The molecule has 2 aromatic carbocycles. The quantitative estimate of drug-likeness (QED) is 0.172. The van der Waals surface area contributed by atoms with Crippen LogP contribution in [0.25, 0.3) is 0 Å². The normalized spacial score (nSPS) is 31.0. The molecule has 2 fully saturated rings. The summed E-state index contributed by atoms with van der Waals surface area (Å²) >= 11 is 0. The first kappa shape index (κ1) is 32.2. The van der Waals surface area contributed by atoms with Crippen LogP contribution in [0.5, 0.6) is 23.0 Å². The summed E-state index contributed by atoms with van der Waals surface area (Å²) in [5.74, 6) is 0.794. The van der Waals surface area contributed by atoms with Crippen molar-refractivity contribution in [1.29, 1.82) is 0 Å². The fourth-order valence-corrected chi connectivity index (χ4v) is 4.83. The number of methoxy groups -OCH3 is 3. The average molecular weight is 599 g/mol. The lowest BCUT2D eigenvalue weighted by atomic mass is 10.0. The summed E-state index contributed by atoms with van der Waals surface area (Å²) in [5.41, 5.74) is 0.457. The third-order valence-corrected chi connectivity index (χ3v) is 7.11. The molecule has 14 heteroatoms. The average Bonchev–Trinajstić information content (AvgIpc) is 3.27. The molecule has 0 bridgehead atoms. The Bertz CT molecular complexity index is 1130. The molecule has 0 unspecified atom stereocenters. The standard InChI is InChI=1S/C28H38O14/c1-35-17-6-4-5-7-18(17)40-20(11-29)25(14-8-9-15(30)19(10-14)36-2)38-13-21-22(32)23(33)28(41-21)42-26-16(31)12-39-27(37-3)24(26)34/h4-10,16,20-34H,11-13H2,1-3H3/t16-,20-,21+,22+,23-,24-,25+,26+,27-,28+/m1/s1. The van der Waals surface area contributed by atoms with E-state index in [0.29, 0.717) is 17.1 Å². The van der Waals surface area contributed by atoms with Crippen molar-refractivity contribution in [3.05, 3.63) is 48.0 Å². The number of rotatable bonds is 13. The number of phenols is 1. The van der Waals surface area contributed by atoms with Crippen molar-refractivity contribution in [2.45, 2.75) is 61.4 Å². The summed E-state index contributed by atoms with van der Waals surface area (Å²) in [7, 11) is 4.18. The summed E-state index contributed by atoms with van der Waals surface area (Å²) in [6, 6.07) is 11.3. The number of ether oxygens (including phenoxy) is 8. The zero-order valence-corrected chi connectivity index (χ0v) is 23.4. The summed E-state index contributed by atoms with van der Waals surface area (Å²) in [6.45, 7) is -1.00. The topological polar surface area (TPSA) is 195 Å². The molecule has 6 N–H and O–H groups in total. The molecular weight excluding hydrogens is 560 g/mol. The summed E-state index contributed by atoms with van der Waals surface area (Å²) < 4.78 is 44.4. The minimum absolute atomic E-state index is 0.114. The zero-order chi connectivity index (χ0) is 30.4. The number of phenolic OH excluding ortho intramolecular Hbond substituents is 1. The molecule has 0 amide bonds. The first-order valence-electron chi connectivity index (χ1n) is 13.3. The van der Waals surface area contributed by atoms with Crippen molar-refractivity contribution < 1.29 is 68.5 Å². The lowest BCUT2D eigenvalue weighted by Crippen LogP contribution is -2.56. The number of hydrogen-bond acceptors (Lipinski definition) is 14. The number of aliphatic hydroxyl groups excluding tert-OH is 5. The molecule has 2 aliphatic heterocycles. The molecule has 0 aromatic heterocycles. The number of hydrogen-bond donors (Lipinski definition) is 6. The number of para-hydroxylation sites is 2. The van der Waals surface area contributed by atoms with E-state index in [2.05, 4.69) is 0 Å². The van der Waals surface area contributed by atoms with Crippen molar-refractivity contribution in [3.63, 3.8) is 0 Å². The highest BCUT2D eigenvalue weighted by Crippen LogP contribution is 2.36. The van der Waals surface area contributed by atoms with Gasteiger partial charge in [0.2, 0.25) is 0 Å². The Kier molecular flexibility index (Phi) is 11.2. The highest BCUT2D eigenvalue weighted by molar-refractivity contribution is 5.43. The Balaban J connectivity index is 1.52. The van der Waals surface area contributed by atoms with Crippen LogP contribution in [0.3, 0.4) is 0 Å². The maximum atomic E-state index is 10.7. The third kappa shape index (κ3) is 7.06. The molecule has 0 radical (unpaired) electrons. The first-order chi connectivity index (χ1) is 20.2. The first-order valence-corrected chi connectivity index (χ1v) is 13.3. The van der Waals surface area contributed by atoms with Crippen LogP contribution < -0.4 is 14.2 Å². The van der Waals surface area contributed by atoms with Crippen molar-refractivity contribution >= 4 is 0 Å². The third-order valence-electron chi connectivity index (χ3n) is 7.11. The second kappa shape index (κ2) is 14.6. The fraction of sp³-hybridized carbons (Fsp3) is 0.571. The van der Waals surface area contributed by atoms with Crippen LogP contribution in [0.4, 0.5) is 0 Å². The van der Waals surface area contributed by atoms with Crippen LogP contribution in [0, 0.1) is 0 Å². The minimum Gasteiger partial charge on any atom is -0.504 e. The second-order valence-electron chi connectivity index (χ2n) is 9.80. The van der Waals surface area contributed by atoms with E-state index in [1.807, 2.05) is 0 Å². The number of aliphatic hydroxyl groups is 5. The smallest absolute Gasteiger partial charge is 0.187 e. The molecule has 2 aromatic rings. The van der Waals surface area contributed by atoms with Crippen LogP contribution in [-0.2, 0) is 23.7 Å². The molecule has 4 rings (SSSR count). The van der Waals surface area contributed by atoms with Crippen LogP contribution in [-0.4, -0.2) is 127 Å². The molecule has 42 heavy (non-hydrogen) atoms. The summed E-state index contributed by atoms with van der Waals surface area (Å²) in [6.07, 6.45) is -12.5. The SMILES string of the molecule is COc1cc([C@H](OC[C@@H]2O[C@@H](O[C@@H]3[C@@H](O)[C@H](OC)OC[C@H]3O)[C@H](O)[C@H]2O)[C@@H](CO)Oc2ccccc2OC)ccc1O. The van der Waals surface area contributed by atoms with Gasteiger partial charge in [0.1, 0.15) is 42.7 Å². The van der Waals surface area contributed by atoms with Gasteiger partial charge in [-0.05, 0) is 29.8 Å². The van der Waals surface area contributed by atoms with Gasteiger partial charge in [0.25, 0.3) is 0 Å². The lowest BCUT2D eigenvalue weighted by molar-refractivity contribution is -0.304. The van der Waals surface area contributed by atoms with Crippen molar-refractivity contribution in [1.82, 2.24) is 0 Å². The Hall–Kier alpha value is -2.76. The molecule has 234 valence electrons. The summed E-state index contributed by atoms with van der Waals surface area (Å²) in [5, 5.41) is 62.5. The van der Waals surface area contributed by atoms with E-state index in [9.17, 15) is 30.6 Å². The Labute approximate surface area is 242 Å². The molecule has 10 atom stereocenters. The maximum absolute atomic E-state index is 10.7. The van der Waals surface area contributed by atoms with Gasteiger partial charge in [-0.25, -0.2) is 0 Å². The van der Waals surface area contributed by atoms with Gasteiger partial charge in [0.15, 0.2) is 41.7 Å². The maximum Gasteiger partial charge on any atom is 0.187 e. The van der Waals surface area contributed by atoms with Crippen LogP contribution >= 0.6 is 0 Å². The van der Waals surface area contributed by atoms with Crippen LogP contribution in [0.15, 0.2) is 42.5 Å². The predicted molar refractivity (Wildman–Crippen MR) is 142 cm³/mol. The molecule has 2 heterocycles. The van der Waals surface area contributed by atoms with Gasteiger partial charge in [0.05, 0.1) is 34.0 Å². The van der Waals surface area contributed by atoms with Crippen LogP contribution in [0.1, 0.15) is 11.7 Å². The second-order valence-corrected chi connectivity index (χ2v) is 9.80. The molecule has 14 nitrogen and oxygen atoms in total. The number of aromatic hydroxyl groups is 1. The van der Waals surface area contributed by atoms with Gasteiger partial charge in [-0.15, -0.1) is 0 Å². The van der Waals surface area contributed by atoms with E-state index in [1.165, 1.54) is 33.5 Å². The van der Waals surface area contributed by atoms with Gasteiger partial charge < -0.3 is 68.5 Å². The number of benzene rings is 2. The van der Waals surface area contributed by atoms with Gasteiger partial charge in [-0.1, -0.05) is 18.2 Å². The fourth-order valence-electron chi connectivity index (χ4n) is 4.83. The van der Waals surface area contributed by atoms with E-state index in [-0.39, 0.29) is 24.7 Å². The molecule has 2 saturated heterocycles. The highest BCUT2D eigenvalue weighted by atomic mass is 16.7. The van der Waals surface area contributed by atoms with Crippen molar-refractivity contribution in [3.8, 4) is 23.0 Å². The Morgan fingerprint density at radius 2 is 1.60 bits per heavy atom. The largest absolute Gasteiger partial charge is 0.504 e. The monoisotopic (exact) mass is 598 g/mol. The predicted octanol–water partition coefficient (Wildman–Crippen LogP) is -0.537. The van der Waals surface area contributed by atoms with Crippen LogP contribution in [0.2, 0.25) is 0 Å². The molecule has 0 saturated carbocycles. The zero-order valence-electron chi connectivity index (χ0n) is 23.4. The molecule has 0 aliphatic carbocycles. The van der Waals surface area contributed by atoms with E-state index in [1.54, 1.807) is 30.3 Å². The molecule has 2 aliphatic rings. The molecular formula is C28H38O14. The van der Waals surface area contributed by atoms with E-state index < -0.39 is 68.0 Å². The Morgan fingerprint density at radius 3 is 2.26 bits per heavy atom. The molecule has 0 spiro atoms. The van der Waals surface area contributed by atoms with Crippen molar-refractivity contribution in [2.24, 2.45) is 0 Å². The lowest BCUT2D eigenvalue weighted by Gasteiger charge is -2.38.